The molecule has 0 unspecified atom stereocenters. The van der Waals surface area contributed by atoms with E-state index in [4.69, 9.17) is 0 Å². The maximum Gasteiger partial charge on any atom is 0.317 e. The lowest BCUT2D eigenvalue weighted by Gasteiger charge is -2.41. The zero-order chi connectivity index (χ0) is 10.7. The molecule has 1 aliphatic heterocycles. The molecule has 1 N–H and O–H groups in total. The highest BCUT2D eigenvalue weighted by atomic mass is 16.2. The molecule has 1 aliphatic carbocycles. The fourth-order valence-corrected chi connectivity index (χ4v) is 2.63. The summed E-state index contributed by atoms with van der Waals surface area (Å²) < 4.78 is 0. The summed E-state index contributed by atoms with van der Waals surface area (Å²) in [5.74, 6) is 0. The van der Waals surface area contributed by atoms with Crippen molar-refractivity contribution in [3.8, 4) is 0 Å². The fourth-order valence-electron chi connectivity index (χ4n) is 2.63. The van der Waals surface area contributed by atoms with E-state index >= 15 is 0 Å². The van der Waals surface area contributed by atoms with Gasteiger partial charge in [-0.2, -0.15) is 0 Å². The molecule has 0 aromatic rings. The van der Waals surface area contributed by atoms with Gasteiger partial charge >= 0.3 is 6.03 Å². The van der Waals surface area contributed by atoms with Gasteiger partial charge in [-0.15, -0.1) is 0 Å². The number of likely N-dealkylation sites (tertiary alicyclic amines) is 1. The van der Waals surface area contributed by atoms with E-state index in [0.717, 1.165) is 19.6 Å². The third-order valence-electron chi connectivity index (χ3n) is 4.17. The Hall–Kier alpha value is -0.730. The lowest BCUT2D eigenvalue weighted by Crippen LogP contribution is -2.46. The number of amides is 2. The average Bonchev–Trinajstić information content (AvgIpc) is 2.69. The second-order valence-corrected chi connectivity index (χ2v) is 5.06. The molecule has 2 rings (SSSR count). The molecule has 0 atom stereocenters. The SMILES string of the molecule is CCC1(CNC(=O)N2CCCC2)CCC1. The highest BCUT2D eigenvalue weighted by Crippen LogP contribution is 2.43. The highest BCUT2D eigenvalue weighted by molar-refractivity contribution is 5.74. The summed E-state index contributed by atoms with van der Waals surface area (Å²) in [6.45, 7) is 5.02. The van der Waals surface area contributed by atoms with Crippen molar-refractivity contribution >= 4 is 6.03 Å². The number of nitrogens with one attached hydrogen (secondary N) is 1. The van der Waals surface area contributed by atoms with Crippen molar-refractivity contribution in [3.63, 3.8) is 0 Å². The summed E-state index contributed by atoms with van der Waals surface area (Å²) in [5, 5.41) is 3.11. The summed E-state index contributed by atoms with van der Waals surface area (Å²) >= 11 is 0. The van der Waals surface area contributed by atoms with Gasteiger partial charge in [0.1, 0.15) is 0 Å². The van der Waals surface area contributed by atoms with Crippen LogP contribution in [0.1, 0.15) is 45.4 Å². The Balaban J connectivity index is 1.74. The van der Waals surface area contributed by atoms with E-state index in [1.54, 1.807) is 0 Å². The minimum Gasteiger partial charge on any atom is -0.337 e. The second-order valence-electron chi connectivity index (χ2n) is 5.06. The first kappa shape index (κ1) is 10.8. The molecule has 3 heteroatoms. The molecular weight excluding hydrogens is 188 g/mol. The summed E-state index contributed by atoms with van der Waals surface area (Å²) in [5.41, 5.74) is 0.440. The molecule has 2 fully saturated rings. The average molecular weight is 210 g/mol. The van der Waals surface area contributed by atoms with Crippen LogP contribution in [0.25, 0.3) is 0 Å². The highest BCUT2D eigenvalue weighted by Gasteiger charge is 2.35. The molecule has 0 bridgehead atoms. The van der Waals surface area contributed by atoms with Gasteiger partial charge in [-0.05, 0) is 37.5 Å². The van der Waals surface area contributed by atoms with E-state index in [0.29, 0.717) is 5.41 Å². The topological polar surface area (TPSA) is 32.3 Å². The second kappa shape index (κ2) is 4.42. The molecule has 1 heterocycles. The third kappa shape index (κ3) is 2.27. The van der Waals surface area contributed by atoms with Gasteiger partial charge in [-0.25, -0.2) is 4.79 Å². The number of nitrogens with zero attached hydrogens (tertiary/aromatic N) is 1. The van der Waals surface area contributed by atoms with Crippen LogP contribution >= 0.6 is 0 Å². The molecule has 0 aromatic carbocycles. The number of carbonyl (C=O) groups is 1. The van der Waals surface area contributed by atoms with Crippen molar-refractivity contribution in [2.24, 2.45) is 5.41 Å². The van der Waals surface area contributed by atoms with Crippen LogP contribution in [0.3, 0.4) is 0 Å². The normalized spacial score (nSPS) is 23.7. The monoisotopic (exact) mass is 210 g/mol. The Morgan fingerprint density at radius 3 is 2.40 bits per heavy atom. The molecule has 86 valence electrons. The van der Waals surface area contributed by atoms with Crippen LogP contribution < -0.4 is 5.32 Å². The van der Waals surface area contributed by atoms with Gasteiger partial charge in [0.25, 0.3) is 0 Å². The van der Waals surface area contributed by atoms with Crippen LogP contribution in [0.5, 0.6) is 0 Å². The van der Waals surface area contributed by atoms with Crippen LogP contribution in [-0.2, 0) is 0 Å². The Morgan fingerprint density at radius 2 is 1.93 bits per heavy atom. The number of rotatable bonds is 3. The molecule has 3 nitrogen and oxygen atoms in total. The molecule has 1 saturated carbocycles. The van der Waals surface area contributed by atoms with Crippen LogP contribution in [-0.4, -0.2) is 30.6 Å². The zero-order valence-corrected chi connectivity index (χ0v) is 9.72. The van der Waals surface area contributed by atoms with Gasteiger partial charge in [0.05, 0.1) is 0 Å². The van der Waals surface area contributed by atoms with E-state index in [1.807, 2.05) is 4.90 Å². The predicted molar refractivity (Wildman–Crippen MR) is 60.8 cm³/mol. The first-order valence-electron chi connectivity index (χ1n) is 6.29. The minimum atomic E-state index is 0.159. The Bertz CT molecular complexity index is 224. The Labute approximate surface area is 92.2 Å². The number of carbonyl (C=O) groups excluding carboxylic acids is 1. The van der Waals surface area contributed by atoms with Crippen molar-refractivity contribution in [1.29, 1.82) is 0 Å². The first-order valence-corrected chi connectivity index (χ1v) is 6.29. The summed E-state index contributed by atoms with van der Waals surface area (Å²) in [7, 11) is 0. The van der Waals surface area contributed by atoms with Gasteiger partial charge in [-0.1, -0.05) is 13.3 Å². The summed E-state index contributed by atoms with van der Waals surface area (Å²) in [6.07, 6.45) is 7.48. The zero-order valence-electron chi connectivity index (χ0n) is 9.72. The molecule has 0 aromatic heterocycles. The van der Waals surface area contributed by atoms with Crippen LogP contribution in [0.4, 0.5) is 4.79 Å². The van der Waals surface area contributed by atoms with E-state index in [-0.39, 0.29) is 6.03 Å². The Morgan fingerprint density at radius 1 is 1.27 bits per heavy atom. The minimum absolute atomic E-state index is 0.159. The number of hydrogen-bond acceptors (Lipinski definition) is 1. The fraction of sp³-hybridized carbons (Fsp3) is 0.917. The van der Waals surface area contributed by atoms with E-state index in [2.05, 4.69) is 12.2 Å². The quantitative estimate of drug-likeness (QED) is 0.762. The molecule has 2 amide bonds. The van der Waals surface area contributed by atoms with Gasteiger partial charge in [0, 0.05) is 19.6 Å². The maximum atomic E-state index is 11.8. The van der Waals surface area contributed by atoms with Gasteiger partial charge in [0.2, 0.25) is 0 Å². The summed E-state index contributed by atoms with van der Waals surface area (Å²) in [4.78, 5) is 13.7. The molecule has 2 aliphatic rings. The van der Waals surface area contributed by atoms with Crippen LogP contribution in [0, 0.1) is 5.41 Å². The standard InChI is InChI=1S/C12H22N2O/c1-2-12(6-5-7-12)10-13-11(15)14-8-3-4-9-14/h2-10H2,1H3,(H,13,15). The van der Waals surface area contributed by atoms with Crippen molar-refractivity contribution in [2.45, 2.75) is 45.4 Å². The maximum absolute atomic E-state index is 11.8. The van der Waals surface area contributed by atoms with E-state index in [1.165, 1.54) is 38.5 Å². The van der Waals surface area contributed by atoms with E-state index in [9.17, 15) is 4.79 Å². The smallest absolute Gasteiger partial charge is 0.317 e. The van der Waals surface area contributed by atoms with Crippen molar-refractivity contribution in [3.05, 3.63) is 0 Å². The molecule has 0 spiro atoms. The Kier molecular flexibility index (Phi) is 3.17. The van der Waals surface area contributed by atoms with Crippen molar-refractivity contribution in [1.82, 2.24) is 10.2 Å². The van der Waals surface area contributed by atoms with E-state index < -0.39 is 0 Å². The van der Waals surface area contributed by atoms with Crippen LogP contribution in [0.15, 0.2) is 0 Å². The van der Waals surface area contributed by atoms with Crippen molar-refractivity contribution in [2.75, 3.05) is 19.6 Å². The lowest BCUT2D eigenvalue weighted by molar-refractivity contribution is 0.122. The molecular formula is C12H22N2O. The predicted octanol–water partition coefficient (Wildman–Crippen LogP) is 2.37. The molecule has 15 heavy (non-hydrogen) atoms. The van der Waals surface area contributed by atoms with Crippen molar-refractivity contribution < 1.29 is 4.79 Å². The summed E-state index contributed by atoms with van der Waals surface area (Å²) in [6, 6.07) is 0.159. The first-order chi connectivity index (χ1) is 7.26. The lowest BCUT2D eigenvalue weighted by atomic mass is 9.67. The largest absolute Gasteiger partial charge is 0.337 e. The van der Waals surface area contributed by atoms with Crippen LogP contribution in [0.2, 0.25) is 0 Å². The molecule has 0 radical (unpaired) electrons. The third-order valence-corrected chi connectivity index (χ3v) is 4.17. The van der Waals surface area contributed by atoms with Gasteiger partial charge < -0.3 is 10.2 Å². The number of urea groups is 1. The van der Waals surface area contributed by atoms with Gasteiger partial charge in [0.15, 0.2) is 0 Å². The number of hydrogen-bond donors (Lipinski definition) is 1. The molecule has 1 saturated heterocycles. The van der Waals surface area contributed by atoms with Gasteiger partial charge in [-0.3, -0.25) is 0 Å².